The van der Waals surface area contributed by atoms with Crippen molar-refractivity contribution in [2.45, 2.75) is 11.4 Å². The average Bonchev–Trinajstić information content (AvgIpc) is 3.09. The second-order valence-electron chi connectivity index (χ2n) is 5.51. The van der Waals surface area contributed by atoms with E-state index in [0.717, 1.165) is 16.2 Å². The third-order valence-electron chi connectivity index (χ3n) is 3.93. The predicted molar refractivity (Wildman–Crippen MR) is 95.9 cm³/mol. The van der Waals surface area contributed by atoms with Crippen molar-refractivity contribution in [1.29, 1.82) is 0 Å². The Hall–Kier alpha value is -2.29. The number of nitrogens with two attached hydrogens (primary N) is 1. The molecule has 1 saturated heterocycles. The van der Waals surface area contributed by atoms with E-state index in [2.05, 4.69) is 25.5 Å². The minimum atomic E-state index is -1.58. The van der Waals surface area contributed by atoms with Gasteiger partial charge in [-0.05, 0) is 11.1 Å². The number of fused-ring (bicyclic) bond motifs is 1. The maximum absolute atomic E-state index is 12.5. The maximum atomic E-state index is 12.5. The van der Waals surface area contributed by atoms with Crippen LogP contribution in [0.3, 0.4) is 0 Å². The second-order valence-corrected chi connectivity index (χ2v) is 7.50. The molecule has 0 saturated carbocycles. The molecule has 2 atom stereocenters. The van der Waals surface area contributed by atoms with Crippen molar-refractivity contribution in [3.8, 4) is 0 Å². The van der Waals surface area contributed by atoms with Crippen LogP contribution < -0.4 is 45.7 Å². The molecule has 4 N–H and O–H groups in total. The Kier molecular flexibility index (Phi) is 7.51. The number of rotatable bonds is 6. The summed E-state index contributed by atoms with van der Waals surface area (Å²) >= 11 is 2.22. The summed E-state index contributed by atoms with van der Waals surface area (Å²) in [6, 6.07) is -1.04. The van der Waals surface area contributed by atoms with Crippen LogP contribution in [0.4, 0.5) is 5.13 Å². The molecule has 0 aromatic carbocycles. The molecule has 1 fully saturated rings. The number of aliphatic carboxylic acids is 1. The molecule has 13 nitrogen and oxygen atoms in total. The van der Waals surface area contributed by atoms with E-state index < -0.39 is 34.9 Å². The molecule has 3 heterocycles. The first-order valence-corrected chi connectivity index (χ1v) is 9.45. The Balaban J connectivity index is 0.00000300. The van der Waals surface area contributed by atoms with Gasteiger partial charge in [0, 0.05) is 16.0 Å². The van der Waals surface area contributed by atoms with Crippen molar-refractivity contribution >= 4 is 51.7 Å². The van der Waals surface area contributed by atoms with E-state index in [1.807, 2.05) is 0 Å². The topological polar surface area (TPSA) is 210 Å². The van der Waals surface area contributed by atoms with Gasteiger partial charge in [0.25, 0.3) is 11.8 Å². The number of azide groups is 1. The Morgan fingerprint density at radius 1 is 1.55 bits per heavy atom. The van der Waals surface area contributed by atoms with Crippen LogP contribution in [0.15, 0.2) is 26.9 Å². The number of nitrogen functional groups attached to an aromatic ring is 1. The number of β-lactam (4-membered cyclic amide) rings is 1. The number of amides is 2. The molecule has 0 aliphatic carbocycles. The molecule has 3 rings (SSSR count). The van der Waals surface area contributed by atoms with Gasteiger partial charge in [0.2, 0.25) is 0 Å². The zero-order valence-corrected chi connectivity index (χ0v) is 18.4. The summed E-state index contributed by atoms with van der Waals surface area (Å²) < 4.78 is 0. The molecule has 2 aliphatic rings. The van der Waals surface area contributed by atoms with E-state index >= 15 is 0 Å². The number of carbonyl (C=O) groups excluding carboxylic acids is 3. The van der Waals surface area contributed by atoms with Crippen LogP contribution in [0.5, 0.6) is 0 Å². The molecule has 146 valence electrons. The van der Waals surface area contributed by atoms with E-state index in [-0.39, 0.29) is 64.0 Å². The van der Waals surface area contributed by atoms with Gasteiger partial charge in [-0.3, -0.25) is 14.5 Å². The number of hydrogen-bond donors (Lipinski definition) is 3. The van der Waals surface area contributed by atoms with Crippen molar-refractivity contribution in [2.24, 2.45) is 10.3 Å². The van der Waals surface area contributed by atoms with Crippen LogP contribution in [-0.4, -0.2) is 62.3 Å². The van der Waals surface area contributed by atoms with Crippen LogP contribution in [0.25, 0.3) is 10.4 Å². The third kappa shape index (κ3) is 4.34. The second kappa shape index (κ2) is 9.47. The fraction of sp³-hybridized carbons (Fsp3) is 0.308. The van der Waals surface area contributed by atoms with Crippen molar-refractivity contribution in [3.63, 3.8) is 0 Å². The zero-order chi connectivity index (χ0) is 20.4. The minimum Gasteiger partial charge on any atom is -0.543 e. The normalized spacial score (nSPS) is 20.8. The molecule has 1 aromatic rings. The van der Waals surface area contributed by atoms with Crippen molar-refractivity contribution in [1.82, 2.24) is 15.2 Å². The molecular formula is C13H11N8NaO5S2. The molecule has 0 bridgehead atoms. The van der Waals surface area contributed by atoms with Crippen molar-refractivity contribution < 1.29 is 54.3 Å². The third-order valence-corrected chi connectivity index (χ3v) is 5.95. The van der Waals surface area contributed by atoms with E-state index in [1.165, 1.54) is 17.1 Å². The number of nitrogens with zero attached hydrogens (tertiary/aromatic N) is 6. The average molecular weight is 446 g/mol. The molecule has 1 aromatic heterocycles. The largest absolute Gasteiger partial charge is 1.00 e. The van der Waals surface area contributed by atoms with Gasteiger partial charge in [-0.25, -0.2) is 4.98 Å². The number of thioether (sulfide) groups is 1. The summed E-state index contributed by atoms with van der Waals surface area (Å²) in [6.07, 6.45) is 0. The fourth-order valence-electron chi connectivity index (χ4n) is 2.73. The number of carboxylic acids is 1. The molecular weight excluding hydrogens is 435 g/mol. The molecule has 16 heteroatoms. The summed E-state index contributed by atoms with van der Waals surface area (Å²) in [5.74, 6) is -2.96. The Bertz CT molecular complexity index is 972. The number of aromatic nitrogens is 1. The Labute approximate surface area is 192 Å². The van der Waals surface area contributed by atoms with Crippen LogP contribution in [0, 0.1) is 0 Å². The monoisotopic (exact) mass is 446 g/mol. The first kappa shape index (κ1) is 23.0. The molecule has 29 heavy (non-hydrogen) atoms. The van der Waals surface area contributed by atoms with Crippen molar-refractivity contribution in [2.75, 3.05) is 18.0 Å². The smallest absolute Gasteiger partial charge is 0.543 e. The molecule has 2 aliphatic heterocycles. The summed E-state index contributed by atoms with van der Waals surface area (Å²) in [5.41, 5.74) is 13.4. The van der Waals surface area contributed by atoms with Crippen molar-refractivity contribution in [3.05, 3.63) is 32.8 Å². The number of carbonyl (C=O) groups is 3. The molecule has 0 radical (unpaired) electrons. The molecule has 0 spiro atoms. The number of thiazole rings is 1. The van der Waals surface area contributed by atoms with Gasteiger partial charge < -0.3 is 26.2 Å². The van der Waals surface area contributed by atoms with E-state index in [0.29, 0.717) is 0 Å². The Morgan fingerprint density at radius 2 is 2.28 bits per heavy atom. The van der Waals surface area contributed by atoms with Gasteiger partial charge in [-0.1, -0.05) is 10.3 Å². The molecule has 1 unspecified atom stereocenters. The van der Waals surface area contributed by atoms with E-state index in [4.69, 9.17) is 16.5 Å². The predicted octanol–water partition coefficient (Wildman–Crippen LogP) is -4.38. The quantitative estimate of drug-likeness (QED) is 0.0566. The van der Waals surface area contributed by atoms with Crippen LogP contribution in [0.2, 0.25) is 0 Å². The number of oxime groups is 1. The van der Waals surface area contributed by atoms with Gasteiger partial charge in [-0.2, -0.15) is 0 Å². The van der Waals surface area contributed by atoms with Crippen LogP contribution in [0.1, 0.15) is 5.69 Å². The van der Waals surface area contributed by atoms with E-state index in [1.54, 1.807) is 0 Å². The van der Waals surface area contributed by atoms with Gasteiger partial charge in [0.15, 0.2) is 10.8 Å². The first-order valence-electron chi connectivity index (χ1n) is 7.52. The summed E-state index contributed by atoms with van der Waals surface area (Å²) in [7, 11) is 0. The van der Waals surface area contributed by atoms with Gasteiger partial charge in [0.05, 0.1) is 18.2 Å². The molecule has 2 amide bonds. The first-order chi connectivity index (χ1) is 13.4. The van der Waals surface area contributed by atoms with Crippen LogP contribution in [-0.2, 0) is 14.4 Å². The van der Waals surface area contributed by atoms with Gasteiger partial charge in [0.1, 0.15) is 17.1 Å². The summed E-state index contributed by atoms with van der Waals surface area (Å²) in [6.45, 7) is -0.215. The zero-order valence-electron chi connectivity index (χ0n) is 14.8. The number of anilines is 1. The maximum Gasteiger partial charge on any atom is 1.00 e. The minimum absolute atomic E-state index is 0. The summed E-state index contributed by atoms with van der Waals surface area (Å²) in [5, 5.41) is 30.1. The summed E-state index contributed by atoms with van der Waals surface area (Å²) in [4.78, 5) is 43.7. The SMILES string of the molecule is [N-]=[N+]=NCC1=C(C(=O)[O-])N2C(=O)C(NC(=O)C(=NO)c3csc(N)n3)[C@H]2SC1.[Na+]. The standard InChI is InChI=1S/C13H12N8O5S2.Na/c14-13-17-5(3-28-13)6(19-26)9(22)18-7-10(23)21-8(12(24)25)4(1-16-20-15)2-27-11(7)21;/h3,7,11,26H,1-2H2,(H2,14,17)(H,18,22)(H,24,25);/q;+1/p-1/t7?,11-;/m1./s1. The fourth-order valence-corrected chi connectivity index (χ4v) is 4.61. The van der Waals surface area contributed by atoms with Gasteiger partial charge >= 0.3 is 29.6 Å². The van der Waals surface area contributed by atoms with E-state index in [9.17, 15) is 19.5 Å². The van der Waals surface area contributed by atoms with Gasteiger partial charge in [-0.15, -0.1) is 23.1 Å². The van der Waals surface area contributed by atoms with Crippen LogP contribution >= 0.6 is 23.1 Å². The number of hydrogen-bond acceptors (Lipinski definition) is 11. The Morgan fingerprint density at radius 3 is 2.83 bits per heavy atom. The number of nitrogens with one attached hydrogen (secondary N) is 1. The number of carboxylic acid groups (broad SMARTS) is 1.